The molecule has 15 heavy (non-hydrogen) atoms. The van der Waals surface area contributed by atoms with Gasteiger partial charge in [0.05, 0.1) is 0 Å². The number of carbonyl (C=O) groups excluding carboxylic acids is 1. The van der Waals surface area contributed by atoms with Crippen molar-refractivity contribution in [3.05, 3.63) is 0 Å². The Morgan fingerprint density at radius 3 is 2.67 bits per heavy atom. The number of amides is 1. The molecule has 1 atom stereocenters. The van der Waals surface area contributed by atoms with Crippen LogP contribution in [0, 0.1) is 5.92 Å². The van der Waals surface area contributed by atoms with Gasteiger partial charge >= 0.3 is 12.1 Å². The highest BCUT2D eigenvalue weighted by Crippen LogP contribution is 2.18. The van der Waals surface area contributed by atoms with Gasteiger partial charge in [0.2, 0.25) is 0 Å². The molecule has 88 valence electrons. The Kier molecular flexibility index (Phi) is 3.96. The molecule has 1 amide bonds. The number of carbonyl (C=O) groups is 1. The number of nitrogens with zero attached hydrogens (tertiary/aromatic N) is 1. The van der Waals surface area contributed by atoms with E-state index in [0.717, 1.165) is 19.5 Å². The van der Waals surface area contributed by atoms with Gasteiger partial charge in [0.15, 0.2) is 0 Å². The minimum absolute atomic E-state index is 0.108. The third-order valence-corrected chi connectivity index (χ3v) is 2.58. The quantitative estimate of drug-likeness (QED) is 0.775. The molecule has 0 aromatic heterocycles. The minimum atomic E-state index is -4.76. The van der Waals surface area contributed by atoms with Crippen molar-refractivity contribution in [3.8, 4) is 0 Å². The summed E-state index contributed by atoms with van der Waals surface area (Å²) >= 11 is 0. The molecule has 1 saturated heterocycles. The number of alkyl halides is 3. The van der Waals surface area contributed by atoms with E-state index in [4.69, 9.17) is 0 Å². The van der Waals surface area contributed by atoms with Crippen LogP contribution in [0.5, 0.6) is 0 Å². The third kappa shape index (κ3) is 4.07. The summed E-state index contributed by atoms with van der Waals surface area (Å²) in [7, 11) is 1.98. The van der Waals surface area contributed by atoms with Crippen LogP contribution in [0.2, 0.25) is 0 Å². The highest BCUT2D eigenvalue weighted by atomic mass is 19.4. The minimum Gasteiger partial charge on any atom is -0.348 e. The highest BCUT2D eigenvalue weighted by molar-refractivity contribution is 5.81. The van der Waals surface area contributed by atoms with Gasteiger partial charge in [0.25, 0.3) is 0 Å². The molecule has 1 aliphatic rings. The van der Waals surface area contributed by atoms with E-state index in [0.29, 0.717) is 12.3 Å². The van der Waals surface area contributed by atoms with Crippen molar-refractivity contribution >= 4 is 5.91 Å². The second-order valence-corrected chi connectivity index (χ2v) is 3.96. The van der Waals surface area contributed by atoms with Crippen molar-refractivity contribution < 1.29 is 18.0 Å². The number of halogens is 3. The molecule has 0 aromatic rings. The van der Waals surface area contributed by atoms with Gasteiger partial charge in [0.1, 0.15) is 0 Å². The first-order chi connectivity index (χ1) is 6.89. The normalized spacial score (nSPS) is 23.1. The first-order valence-electron chi connectivity index (χ1n) is 4.93. The predicted molar refractivity (Wildman–Crippen MR) is 49.3 cm³/mol. The fourth-order valence-electron chi connectivity index (χ4n) is 1.75. The van der Waals surface area contributed by atoms with Crippen LogP contribution in [-0.4, -0.2) is 43.7 Å². The molecule has 0 saturated carbocycles. The second kappa shape index (κ2) is 4.83. The van der Waals surface area contributed by atoms with Gasteiger partial charge < -0.3 is 10.2 Å². The highest BCUT2D eigenvalue weighted by Gasteiger charge is 2.38. The first kappa shape index (κ1) is 12.3. The molecule has 0 radical (unpaired) electrons. The summed E-state index contributed by atoms with van der Waals surface area (Å²) < 4.78 is 35.4. The molecule has 1 heterocycles. The molecule has 1 rings (SSSR count). The number of hydrogen-bond acceptors (Lipinski definition) is 2. The SMILES string of the molecule is CN1CCC(CCNC(=O)C(F)(F)F)C1. The molecule has 0 aliphatic carbocycles. The van der Waals surface area contributed by atoms with Crippen LogP contribution in [0.25, 0.3) is 0 Å². The van der Waals surface area contributed by atoms with E-state index in [1.807, 2.05) is 12.4 Å². The van der Waals surface area contributed by atoms with Crippen LogP contribution in [0.4, 0.5) is 13.2 Å². The van der Waals surface area contributed by atoms with Gasteiger partial charge in [0, 0.05) is 13.1 Å². The molecule has 0 bridgehead atoms. The molecule has 0 spiro atoms. The van der Waals surface area contributed by atoms with Gasteiger partial charge in [-0.2, -0.15) is 13.2 Å². The summed E-state index contributed by atoms with van der Waals surface area (Å²) in [6, 6.07) is 0. The zero-order chi connectivity index (χ0) is 11.5. The molecular formula is C9H15F3N2O. The molecule has 3 nitrogen and oxygen atoms in total. The van der Waals surface area contributed by atoms with E-state index in [9.17, 15) is 18.0 Å². The summed E-state index contributed by atoms with van der Waals surface area (Å²) in [6.45, 7) is 2.00. The predicted octanol–water partition coefficient (Wildman–Crippen LogP) is 1.01. The number of rotatable bonds is 3. The number of hydrogen-bond donors (Lipinski definition) is 1. The van der Waals surface area contributed by atoms with Crippen molar-refractivity contribution in [2.24, 2.45) is 5.92 Å². The van der Waals surface area contributed by atoms with Crippen molar-refractivity contribution in [1.29, 1.82) is 0 Å². The van der Waals surface area contributed by atoms with E-state index in [2.05, 4.69) is 4.90 Å². The van der Waals surface area contributed by atoms with Gasteiger partial charge in [-0.1, -0.05) is 0 Å². The number of nitrogens with one attached hydrogen (secondary N) is 1. The fourth-order valence-corrected chi connectivity index (χ4v) is 1.75. The average molecular weight is 224 g/mol. The van der Waals surface area contributed by atoms with Gasteiger partial charge in [-0.15, -0.1) is 0 Å². The van der Waals surface area contributed by atoms with Crippen LogP contribution in [0.15, 0.2) is 0 Å². The van der Waals surface area contributed by atoms with Crippen molar-refractivity contribution in [3.63, 3.8) is 0 Å². The summed E-state index contributed by atoms with van der Waals surface area (Å²) in [5.74, 6) is -1.43. The Labute approximate surface area is 86.6 Å². The maximum absolute atomic E-state index is 11.8. The molecule has 1 fully saturated rings. The molecule has 1 aliphatic heterocycles. The molecule has 1 unspecified atom stereocenters. The summed E-state index contributed by atoms with van der Waals surface area (Å²) in [5.41, 5.74) is 0. The Bertz CT molecular complexity index is 230. The summed E-state index contributed by atoms with van der Waals surface area (Å²) in [5, 5.41) is 1.88. The first-order valence-corrected chi connectivity index (χ1v) is 4.93. The van der Waals surface area contributed by atoms with E-state index < -0.39 is 12.1 Å². The molecule has 1 N–H and O–H groups in total. The molecule has 6 heteroatoms. The smallest absolute Gasteiger partial charge is 0.348 e. The Morgan fingerprint density at radius 2 is 2.20 bits per heavy atom. The van der Waals surface area contributed by atoms with E-state index >= 15 is 0 Å². The van der Waals surface area contributed by atoms with Crippen LogP contribution >= 0.6 is 0 Å². The van der Waals surface area contributed by atoms with Crippen molar-refractivity contribution in [2.45, 2.75) is 19.0 Å². The van der Waals surface area contributed by atoms with E-state index in [-0.39, 0.29) is 6.54 Å². The standard InChI is InChI=1S/C9H15F3N2O/c1-14-5-3-7(6-14)2-4-13-8(15)9(10,11)12/h7H,2-6H2,1H3,(H,13,15). The van der Waals surface area contributed by atoms with Crippen LogP contribution in [0.1, 0.15) is 12.8 Å². The topological polar surface area (TPSA) is 32.3 Å². The summed E-state index contributed by atoms with van der Waals surface area (Å²) in [6.07, 6.45) is -3.14. The monoisotopic (exact) mass is 224 g/mol. The summed E-state index contributed by atoms with van der Waals surface area (Å²) in [4.78, 5) is 12.6. The second-order valence-electron chi connectivity index (χ2n) is 3.96. The van der Waals surface area contributed by atoms with Gasteiger partial charge in [-0.25, -0.2) is 0 Å². The van der Waals surface area contributed by atoms with Crippen molar-refractivity contribution in [1.82, 2.24) is 10.2 Å². The lowest BCUT2D eigenvalue weighted by atomic mass is 10.1. The van der Waals surface area contributed by atoms with Crippen LogP contribution in [0.3, 0.4) is 0 Å². The van der Waals surface area contributed by atoms with E-state index in [1.54, 1.807) is 0 Å². The maximum atomic E-state index is 11.8. The van der Waals surface area contributed by atoms with Crippen LogP contribution in [-0.2, 0) is 4.79 Å². The van der Waals surface area contributed by atoms with E-state index in [1.165, 1.54) is 0 Å². The lowest BCUT2D eigenvalue weighted by molar-refractivity contribution is -0.173. The number of likely N-dealkylation sites (tertiary alicyclic amines) is 1. The Balaban J connectivity index is 2.14. The zero-order valence-electron chi connectivity index (χ0n) is 8.60. The lowest BCUT2D eigenvalue weighted by Gasteiger charge is -2.11. The average Bonchev–Trinajstić information content (AvgIpc) is 2.49. The Hall–Kier alpha value is -0.780. The van der Waals surface area contributed by atoms with Gasteiger partial charge in [-0.3, -0.25) is 4.79 Å². The van der Waals surface area contributed by atoms with Gasteiger partial charge in [-0.05, 0) is 32.4 Å². The van der Waals surface area contributed by atoms with Crippen molar-refractivity contribution in [2.75, 3.05) is 26.7 Å². The lowest BCUT2D eigenvalue weighted by Crippen LogP contribution is -2.37. The molecule has 0 aromatic carbocycles. The molecular weight excluding hydrogens is 209 g/mol. The fraction of sp³-hybridized carbons (Fsp3) is 0.889. The third-order valence-electron chi connectivity index (χ3n) is 2.58. The zero-order valence-corrected chi connectivity index (χ0v) is 8.60. The largest absolute Gasteiger partial charge is 0.471 e. The Morgan fingerprint density at radius 1 is 1.53 bits per heavy atom. The van der Waals surface area contributed by atoms with Crippen LogP contribution < -0.4 is 5.32 Å². The maximum Gasteiger partial charge on any atom is 0.471 e.